The van der Waals surface area contributed by atoms with Crippen LogP contribution < -0.4 is 4.90 Å². The van der Waals surface area contributed by atoms with Crippen molar-refractivity contribution in [1.29, 1.82) is 0 Å². The molecule has 0 spiro atoms. The molecular weight excluding hydrogens is 328 g/mol. The van der Waals surface area contributed by atoms with Gasteiger partial charge in [-0.05, 0) is 23.9 Å². The molecule has 26 heavy (non-hydrogen) atoms. The average molecular weight is 348 g/mol. The summed E-state index contributed by atoms with van der Waals surface area (Å²) < 4.78 is 0. The van der Waals surface area contributed by atoms with Crippen LogP contribution in [0.2, 0.25) is 0 Å². The lowest BCUT2D eigenvalue weighted by atomic mass is 9.76. The molecule has 132 valence electrons. The fraction of sp³-hybridized carbons (Fsp3) is 0.250. The molecule has 0 radical (unpaired) electrons. The Bertz CT molecular complexity index is 1040. The Morgan fingerprint density at radius 1 is 1.12 bits per heavy atom. The molecule has 2 atom stereocenters. The Hall–Kier alpha value is -3.15. The van der Waals surface area contributed by atoms with Crippen molar-refractivity contribution in [2.45, 2.75) is 12.8 Å². The summed E-state index contributed by atoms with van der Waals surface area (Å²) in [6, 6.07) is 12.2. The van der Waals surface area contributed by atoms with Crippen molar-refractivity contribution >= 4 is 34.0 Å². The Balaban J connectivity index is 2.01. The van der Waals surface area contributed by atoms with Gasteiger partial charge in [0.1, 0.15) is 5.92 Å². The Kier molecular flexibility index (Phi) is 3.76. The zero-order valence-electron chi connectivity index (χ0n) is 14.9. The van der Waals surface area contributed by atoms with E-state index in [1.807, 2.05) is 32.3 Å². The van der Waals surface area contributed by atoms with E-state index in [0.717, 1.165) is 27.6 Å². The summed E-state index contributed by atoms with van der Waals surface area (Å²) >= 11 is 0. The third-order valence-corrected chi connectivity index (χ3v) is 5.07. The van der Waals surface area contributed by atoms with Gasteiger partial charge in [-0.25, -0.2) is 4.99 Å². The highest BCUT2D eigenvalue weighted by molar-refractivity contribution is 6.05. The molecule has 0 amide bonds. The van der Waals surface area contributed by atoms with E-state index in [4.69, 9.17) is 0 Å². The molecule has 2 heterocycles. The maximum Gasteiger partial charge on any atom is 0.313 e. The molecule has 1 aliphatic rings. The number of nitrogens with zero attached hydrogens (tertiary/aromatic N) is 3. The smallest absolute Gasteiger partial charge is 0.313 e. The number of carboxylic acids is 1. The summed E-state index contributed by atoms with van der Waals surface area (Å²) in [5, 5.41) is 19.0. The molecule has 2 aromatic carbocycles. The van der Waals surface area contributed by atoms with Gasteiger partial charge >= 0.3 is 5.97 Å². The van der Waals surface area contributed by atoms with E-state index in [2.05, 4.69) is 38.3 Å². The van der Waals surface area contributed by atoms with E-state index in [1.165, 1.54) is 0 Å². The van der Waals surface area contributed by atoms with Crippen molar-refractivity contribution in [2.75, 3.05) is 19.0 Å². The van der Waals surface area contributed by atoms with E-state index >= 15 is 0 Å². The monoisotopic (exact) mass is 348 g/mol. The largest absolute Gasteiger partial charge is 0.481 e. The first kappa shape index (κ1) is 16.3. The molecule has 3 aromatic rings. The van der Waals surface area contributed by atoms with E-state index in [-0.39, 0.29) is 5.92 Å². The lowest BCUT2D eigenvalue weighted by Crippen LogP contribution is -2.31. The Morgan fingerprint density at radius 2 is 1.85 bits per heavy atom. The van der Waals surface area contributed by atoms with Gasteiger partial charge in [0.15, 0.2) is 5.82 Å². The molecule has 0 bridgehead atoms. The minimum atomic E-state index is -0.871. The molecule has 1 aliphatic heterocycles. The molecule has 0 fully saturated rings. The summed E-state index contributed by atoms with van der Waals surface area (Å²) in [4.78, 5) is 18.6. The fourth-order valence-electron chi connectivity index (χ4n) is 3.91. The molecule has 2 N–H and O–H groups in total. The van der Waals surface area contributed by atoms with E-state index in [0.29, 0.717) is 11.5 Å². The van der Waals surface area contributed by atoms with Gasteiger partial charge in [-0.2, -0.15) is 5.10 Å². The number of rotatable bonds is 3. The van der Waals surface area contributed by atoms with Crippen molar-refractivity contribution in [1.82, 2.24) is 10.2 Å². The molecule has 4 rings (SSSR count). The lowest BCUT2D eigenvalue weighted by Gasteiger charge is -2.29. The normalized spacial score (nSPS) is 19.1. The molecular formula is C20H20N4O2. The van der Waals surface area contributed by atoms with Crippen LogP contribution in [-0.2, 0) is 4.79 Å². The number of hydrogen-bond acceptors (Lipinski definition) is 4. The third-order valence-electron chi connectivity index (χ3n) is 5.07. The maximum atomic E-state index is 12.1. The number of fused-ring (bicyclic) bond motifs is 2. The van der Waals surface area contributed by atoms with Gasteiger partial charge in [0, 0.05) is 42.4 Å². The van der Waals surface area contributed by atoms with Crippen LogP contribution in [0.4, 0.5) is 11.5 Å². The fourth-order valence-corrected chi connectivity index (χ4v) is 3.91. The van der Waals surface area contributed by atoms with Crippen LogP contribution in [0.15, 0.2) is 47.6 Å². The van der Waals surface area contributed by atoms with Crippen molar-refractivity contribution in [3.8, 4) is 0 Å². The van der Waals surface area contributed by atoms with Gasteiger partial charge in [0.25, 0.3) is 0 Å². The zero-order valence-corrected chi connectivity index (χ0v) is 14.9. The van der Waals surface area contributed by atoms with Crippen LogP contribution in [0.5, 0.6) is 0 Å². The number of aromatic amines is 1. The molecule has 0 aliphatic carbocycles. The van der Waals surface area contributed by atoms with Crippen LogP contribution in [-0.4, -0.2) is 41.1 Å². The zero-order chi connectivity index (χ0) is 18.4. The second-order valence-electron chi connectivity index (χ2n) is 6.83. The van der Waals surface area contributed by atoms with Crippen molar-refractivity contribution in [2.24, 2.45) is 10.9 Å². The van der Waals surface area contributed by atoms with Gasteiger partial charge in [0.2, 0.25) is 0 Å². The Morgan fingerprint density at radius 3 is 2.54 bits per heavy atom. The standard InChI is InChI=1S/C20H20N4O2/c1-11-17(20(25)26)18(15-10-21-23-19(15)22-11)14-8-9-16(24(2)3)13-7-5-4-6-12(13)14/h4-10,17-18H,1-3H3,(H,21,23)(H,25,26). The van der Waals surface area contributed by atoms with Crippen LogP contribution in [0.3, 0.4) is 0 Å². The summed E-state index contributed by atoms with van der Waals surface area (Å²) in [7, 11) is 4.01. The highest BCUT2D eigenvalue weighted by Crippen LogP contribution is 2.44. The van der Waals surface area contributed by atoms with E-state index < -0.39 is 11.9 Å². The van der Waals surface area contributed by atoms with Gasteiger partial charge in [0.05, 0.1) is 6.20 Å². The first-order valence-corrected chi connectivity index (χ1v) is 8.49. The van der Waals surface area contributed by atoms with E-state index in [1.54, 1.807) is 13.1 Å². The van der Waals surface area contributed by atoms with Gasteiger partial charge in [-0.15, -0.1) is 0 Å². The number of carbonyl (C=O) groups is 1. The Labute approximate surface area is 151 Å². The lowest BCUT2D eigenvalue weighted by molar-refractivity contribution is -0.139. The van der Waals surface area contributed by atoms with Gasteiger partial charge in [-0.1, -0.05) is 30.3 Å². The topological polar surface area (TPSA) is 81.6 Å². The number of hydrogen-bond donors (Lipinski definition) is 2. The van der Waals surface area contributed by atoms with Gasteiger partial charge < -0.3 is 10.0 Å². The molecule has 0 saturated carbocycles. The molecule has 6 nitrogen and oxygen atoms in total. The number of anilines is 1. The highest BCUT2D eigenvalue weighted by atomic mass is 16.4. The number of nitrogens with one attached hydrogen (secondary N) is 1. The average Bonchev–Trinajstić information content (AvgIpc) is 3.07. The van der Waals surface area contributed by atoms with Crippen LogP contribution >= 0.6 is 0 Å². The summed E-state index contributed by atoms with van der Waals surface area (Å²) in [5.74, 6) is -1.27. The minimum Gasteiger partial charge on any atom is -0.481 e. The number of aromatic nitrogens is 2. The molecule has 1 aromatic heterocycles. The third kappa shape index (κ3) is 2.37. The SMILES string of the molecule is CC1=Nc2[nH]ncc2C(c2ccc(N(C)C)c3ccccc23)C1C(=O)O. The second kappa shape index (κ2) is 5.98. The summed E-state index contributed by atoms with van der Waals surface area (Å²) in [6.07, 6.45) is 1.69. The second-order valence-corrected chi connectivity index (χ2v) is 6.83. The first-order valence-electron chi connectivity index (χ1n) is 8.49. The molecule has 0 saturated heterocycles. The minimum absolute atomic E-state index is 0.333. The number of aliphatic carboxylic acids is 1. The van der Waals surface area contributed by atoms with Crippen LogP contribution in [0.1, 0.15) is 24.0 Å². The highest BCUT2D eigenvalue weighted by Gasteiger charge is 2.39. The number of benzene rings is 2. The predicted octanol–water partition coefficient (Wildman–Crippen LogP) is 3.57. The summed E-state index contributed by atoms with van der Waals surface area (Å²) in [5.41, 5.74) is 3.49. The number of H-pyrrole nitrogens is 1. The van der Waals surface area contributed by atoms with Crippen LogP contribution in [0.25, 0.3) is 10.8 Å². The predicted molar refractivity (Wildman–Crippen MR) is 103 cm³/mol. The van der Waals surface area contributed by atoms with Crippen molar-refractivity contribution in [3.05, 3.63) is 53.7 Å². The van der Waals surface area contributed by atoms with E-state index in [9.17, 15) is 9.90 Å². The van der Waals surface area contributed by atoms with Crippen molar-refractivity contribution < 1.29 is 9.90 Å². The van der Waals surface area contributed by atoms with Crippen molar-refractivity contribution in [3.63, 3.8) is 0 Å². The molecule has 6 heteroatoms. The maximum absolute atomic E-state index is 12.1. The quantitative estimate of drug-likeness (QED) is 0.758. The number of carboxylic acid groups (broad SMARTS) is 1. The van der Waals surface area contributed by atoms with Gasteiger partial charge in [-0.3, -0.25) is 9.89 Å². The first-order chi connectivity index (χ1) is 12.5. The summed E-state index contributed by atoms with van der Waals surface area (Å²) in [6.45, 7) is 1.77. The number of aliphatic imine (C=N–C) groups is 1. The van der Waals surface area contributed by atoms with Crippen LogP contribution in [0, 0.1) is 5.92 Å². The molecule has 2 unspecified atom stereocenters.